The predicted octanol–water partition coefficient (Wildman–Crippen LogP) is 4.77. The zero-order valence-electron chi connectivity index (χ0n) is 15.1. The van der Waals surface area contributed by atoms with Crippen molar-refractivity contribution in [2.75, 3.05) is 30.7 Å². The summed E-state index contributed by atoms with van der Waals surface area (Å²) in [5, 5.41) is 8.32. The number of rotatable bonds is 5. The summed E-state index contributed by atoms with van der Waals surface area (Å²) < 4.78 is 0. The molecule has 0 spiro atoms. The van der Waals surface area contributed by atoms with E-state index in [0.29, 0.717) is 26.8 Å². The van der Waals surface area contributed by atoms with Gasteiger partial charge < -0.3 is 16.4 Å². The molecule has 0 unspecified atom stereocenters. The lowest BCUT2D eigenvalue weighted by molar-refractivity contribution is 0.178. The van der Waals surface area contributed by atoms with E-state index in [-0.39, 0.29) is 0 Å². The van der Waals surface area contributed by atoms with Crippen molar-refractivity contribution in [1.29, 1.82) is 0 Å². The number of anilines is 2. The van der Waals surface area contributed by atoms with Crippen molar-refractivity contribution >= 4 is 51.9 Å². The van der Waals surface area contributed by atoms with Crippen molar-refractivity contribution < 1.29 is 0 Å². The number of benzene rings is 2. The molecule has 27 heavy (non-hydrogen) atoms. The molecule has 3 rings (SSSR count). The quantitative estimate of drug-likeness (QED) is 0.478. The van der Waals surface area contributed by atoms with Gasteiger partial charge in [0.25, 0.3) is 0 Å². The van der Waals surface area contributed by atoms with Crippen molar-refractivity contribution in [3.8, 4) is 0 Å². The van der Waals surface area contributed by atoms with Crippen LogP contribution in [-0.4, -0.2) is 29.6 Å². The molecule has 0 aliphatic carbocycles. The van der Waals surface area contributed by atoms with Crippen LogP contribution in [-0.2, 0) is 6.54 Å². The molecule has 4 N–H and O–H groups in total. The number of nitrogens with one attached hydrogen (secondary N) is 2. The number of hydrogen-bond donors (Lipinski definition) is 3. The van der Waals surface area contributed by atoms with E-state index in [0.717, 1.165) is 44.7 Å². The Bertz CT molecular complexity index is 791. The van der Waals surface area contributed by atoms with Gasteiger partial charge in [0.1, 0.15) is 0 Å². The normalized spacial score (nSPS) is 15.5. The van der Waals surface area contributed by atoms with Gasteiger partial charge in [0.05, 0.1) is 21.4 Å². The highest BCUT2D eigenvalue weighted by Gasteiger charge is 2.19. The maximum absolute atomic E-state index is 6.11. The number of nitrogens with zero attached hydrogens (tertiary/aromatic N) is 1. The van der Waals surface area contributed by atoms with E-state index >= 15 is 0 Å². The molecule has 1 aliphatic rings. The molecule has 0 amide bonds. The highest BCUT2D eigenvalue weighted by molar-refractivity contribution is 7.80. The monoisotopic (exact) mass is 422 g/mol. The summed E-state index contributed by atoms with van der Waals surface area (Å²) in [5.74, 6) is 0.614. The summed E-state index contributed by atoms with van der Waals surface area (Å²) in [6.45, 7) is 3.92. The fraction of sp³-hybridized carbons (Fsp3) is 0.350. The molecule has 0 aromatic heterocycles. The van der Waals surface area contributed by atoms with Crippen LogP contribution in [0.25, 0.3) is 0 Å². The molecule has 2 aromatic rings. The second-order valence-corrected chi connectivity index (χ2v) is 8.11. The summed E-state index contributed by atoms with van der Waals surface area (Å²) in [6.07, 6.45) is 2.29. The van der Waals surface area contributed by atoms with E-state index in [1.165, 1.54) is 5.56 Å². The molecule has 2 aromatic carbocycles. The lowest BCUT2D eigenvalue weighted by Gasteiger charge is -2.32. The van der Waals surface area contributed by atoms with Gasteiger partial charge in [-0.05, 0) is 73.9 Å². The molecule has 0 bridgehead atoms. The summed E-state index contributed by atoms with van der Waals surface area (Å²) >= 11 is 17.5. The number of piperidine rings is 1. The molecule has 1 saturated heterocycles. The van der Waals surface area contributed by atoms with E-state index in [9.17, 15) is 0 Å². The van der Waals surface area contributed by atoms with Crippen molar-refractivity contribution in [3.63, 3.8) is 0 Å². The first-order valence-electron chi connectivity index (χ1n) is 9.07. The number of nitrogens with two attached hydrogens (primary N) is 1. The third-order valence-corrected chi connectivity index (χ3v) is 5.84. The molecular weight excluding hydrogens is 399 g/mol. The van der Waals surface area contributed by atoms with Crippen LogP contribution >= 0.6 is 35.4 Å². The Hall–Kier alpha value is -1.53. The van der Waals surface area contributed by atoms with Crippen LogP contribution in [0.3, 0.4) is 0 Å². The number of para-hydroxylation sites is 2. The van der Waals surface area contributed by atoms with Crippen molar-refractivity contribution in [3.05, 3.63) is 58.1 Å². The van der Waals surface area contributed by atoms with E-state index < -0.39 is 0 Å². The minimum absolute atomic E-state index is 0.604. The molecule has 0 atom stereocenters. The minimum Gasteiger partial charge on any atom is -0.397 e. The summed E-state index contributed by atoms with van der Waals surface area (Å²) in [7, 11) is 0. The van der Waals surface area contributed by atoms with Crippen LogP contribution in [0.5, 0.6) is 0 Å². The van der Waals surface area contributed by atoms with Gasteiger partial charge in [-0.2, -0.15) is 0 Å². The Morgan fingerprint density at radius 2 is 1.85 bits per heavy atom. The van der Waals surface area contributed by atoms with Gasteiger partial charge in [-0.15, -0.1) is 0 Å². The zero-order chi connectivity index (χ0) is 19.2. The molecule has 1 heterocycles. The fourth-order valence-electron chi connectivity index (χ4n) is 3.26. The maximum atomic E-state index is 6.11. The van der Waals surface area contributed by atoms with Crippen LogP contribution in [0.2, 0.25) is 10.0 Å². The number of thiocarbonyl (C=S) groups is 1. The molecule has 0 saturated carbocycles. The second-order valence-electron chi connectivity index (χ2n) is 6.89. The van der Waals surface area contributed by atoms with Crippen LogP contribution in [0.4, 0.5) is 11.4 Å². The van der Waals surface area contributed by atoms with Gasteiger partial charge in [-0.25, -0.2) is 0 Å². The SMILES string of the molecule is Nc1ccccc1NC(=S)NCC1CCN(Cc2ccc(Cl)c(Cl)c2)CC1. The number of halogens is 2. The maximum Gasteiger partial charge on any atom is 0.170 e. The Morgan fingerprint density at radius 3 is 2.56 bits per heavy atom. The van der Waals surface area contributed by atoms with Gasteiger partial charge in [-0.3, -0.25) is 4.90 Å². The Labute approximate surface area is 176 Å². The highest BCUT2D eigenvalue weighted by atomic mass is 35.5. The van der Waals surface area contributed by atoms with E-state index in [1.807, 2.05) is 42.5 Å². The second kappa shape index (κ2) is 9.60. The minimum atomic E-state index is 0.604. The Morgan fingerprint density at radius 1 is 1.11 bits per heavy atom. The van der Waals surface area contributed by atoms with E-state index in [2.05, 4.69) is 15.5 Å². The molecule has 144 valence electrons. The summed E-state index contributed by atoms with van der Waals surface area (Å²) in [5.41, 5.74) is 8.66. The highest BCUT2D eigenvalue weighted by Crippen LogP contribution is 2.25. The fourth-order valence-corrected chi connectivity index (χ4v) is 3.77. The standard InChI is InChI=1S/C20H24Cl2N4S/c21-16-6-5-15(11-17(16)22)13-26-9-7-14(8-10-26)12-24-20(27)25-19-4-2-1-3-18(19)23/h1-6,11,14H,7-10,12-13,23H2,(H2,24,25,27). The Kier molecular flexibility index (Phi) is 7.19. The number of nitrogen functional groups attached to an aromatic ring is 1. The van der Waals surface area contributed by atoms with E-state index in [4.69, 9.17) is 41.2 Å². The van der Waals surface area contributed by atoms with Crippen LogP contribution in [0.15, 0.2) is 42.5 Å². The molecule has 0 radical (unpaired) electrons. The van der Waals surface area contributed by atoms with Crippen molar-refractivity contribution in [2.24, 2.45) is 5.92 Å². The molecule has 4 nitrogen and oxygen atoms in total. The van der Waals surface area contributed by atoms with E-state index in [1.54, 1.807) is 0 Å². The first-order valence-corrected chi connectivity index (χ1v) is 10.2. The smallest absolute Gasteiger partial charge is 0.170 e. The van der Waals surface area contributed by atoms with Crippen LogP contribution < -0.4 is 16.4 Å². The Balaban J connectivity index is 1.39. The van der Waals surface area contributed by atoms with Crippen molar-refractivity contribution in [2.45, 2.75) is 19.4 Å². The molecular formula is C20H24Cl2N4S. The third kappa shape index (κ3) is 5.98. The third-order valence-electron chi connectivity index (χ3n) is 4.86. The summed E-state index contributed by atoms with van der Waals surface area (Å²) in [4.78, 5) is 2.46. The summed E-state index contributed by atoms with van der Waals surface area (Å²) in [6, 6.07) is 13.5. The van der Waals surface area contributed by atoms with Gasteiger partial charge in [0.15, 0.2) is 5.11 Å². The lowest BCUT2D eigenvalue weighted by atomic mass is 9.96. The topological polar surface area (TPSA) is 53.3 Å². The number of hydrogen-bond acceptors (Lipinski definition) is 3. The number of likely N-dealkylation sites (tertiary alicyclic amines) is 1. The molecule has 7 heteroatoms. The van der Waals surface area contributed by atoms with Crippen molar-refractivity contribution in [1.82, 2.24) is 10.2 Å². The molecule has 1 aliphatic heterocycles. The van der Waals surface area contributed by atoms with Gasteiger partial charge in [0.2, 0.25) is 0 Å². The van der Waals surface area contributed by atoms with Gasteiger partial charge in [-0.1, -0.05) is 41.4 Å². The zero-order valence-corrected chi connectivity index (χ0v) is 17.4. The van der Waals surface area contributed by atoms with Gasteiger partial charge >= 0.3 is 0 Å². The van der Waals surface area contributed by atoms with Crippen LogP contribution in [0, 0.1) is 5.92 Å². The predicted molar refractivity (Wildman–Crippen MR) is 120 cm³/mol. The lowest BCUT2D eigenvalue weighted by Crippen LogP contribution is -2.39. The first kappa shape index (κ1) is 20.2. The average molecular weight is 423 g/mol. The average Bonchev–Trinajstić information content (AvgIpc) is 2.66. The van der Waals surface area contributed by atoms with Crippen LogP contribution in [0.1, 0.15) is 18.4 Å². The molecule has 1 fully saturated rings. The first-order chi connectivity index (χ1) is 13.0. The largest absolute Gasteiger partial charge is 0.397 e. The van der Waals surface area contributed by atoms with Gasteiger partial charge in [0, 0.05) is 13.1 Å².